The van der Waals surface area contributed by atoms with Gasteiger partial charge in [-0.15, -0.1) is 0 Å². The molecule has 0 saturated heterocycles. The van der Waals surface area contributed by atoms with Gasteiger partial charge in [-0.25, -0.2) is 0 Å². The smallest absolute Gasteiger partial charge is 0.0992 e. The molecule has 0 atom stereocenters. The van der Waals surface area contributed by atoms with Crippen LogP contribution in [0.3, 0.4) is 0 Å². The number of allylic oxidation sites excluding steroid dienone is 1. The zero-order valence-corrected chi connectivity index (χ0v) is 7.30. The lowest BCUT2D eigenvalue weighted by atomic mass is 10.0. The SMILES string of the molecule is C=C1CCc2ccc(C#N)cc2N1. The first-order valence-electron chi connectivity index (χ1n) is 4.27. The Morgan fingerprint density at radius 2 is 2.23 bits per heavy atom. The van der Waals surface area contributed by atoms with Gasteiger partial charge in [0.2, 0.25) is 0 Å². The van der Waals surface area contributed by atoms with Gasteiger partial charge < -0.3 is 5.32 Å². The standard InChI is InChI=1S/C11H10N2/c1-8-2-4-10-5-3-9(7-12)6-11(10)13-8/h3,5-6,13H,1-2,4H2. The zero-order valence-electron chi connectivity index (χ0n) is 7.30. The van der Waals surface area contributed by atoms with Gasteiger partial charge in [0.15, 0.2) is 0 Å². The summed E-state index contributed by atoms with van der Waals surface area (Å²) >= 11 is 0. The number of aryl methyl sites for hydroxylation is 1. The first-order valence-corrected chi connectivity index (χ1v) is 4.27. The summed E-state index contributed by atoms with van der Waals surface area (Å²) in [5.74, 6) is 0. The molecule has 0 aliphatic carbocycles. The largest absolute Gasteiger partial charge is 0.359 e. The minimum absolute atomic E-state index is 0.695. The van der Waals surface area contributed by atoms with Crippen LogP contribution in [0.2, 0.25) is 0 Å². The monoisotopic (exact) mass is 170 g/mol. The van der Waals surface area contributed by atoms with Crippen molar-refractivity contribution in [1.82, 2.24) is 0 Å². The second-order valence-corrected chi connectivity index (χ2v) is 3.21. The molecule has 1 heterocycles. The molecule has 0 unspecified atom stereocenters. The summed E-state index contributed by atoms with van der Waals surface area (Å²) in [7, 11) is 0. The van der Waals surface area contributed by atoms with Crippen molar-refractivity contribution in [2.24, 2.45) is 0 Å². The molecule has 2 nitrogen and oxygen atoms in total. The van der Waals surface area contributed by atoms with Crippen LogP contribution in [-0.2, 0) is 6.42 Å². The van der Waals surface area contributed by atoms with Gasteiger partial charge in [0.25, 0.3) is 0 Å². The highest BCUT2D eigenvalue weighted by Crippen LogP contribution is 2.26. The summed E-state index contributed by atoms with van der Waals surface area (Å²) in [6.45, 7) is 3.87. The van der Waals surface area contributed by atoms with E-state index in [4.69, 9.17) is 5.26 Å². The summed E-state index contributed by atoms with van der Waals surface area (Å²) in [5, 5.41) is 11.9. The van der Waals surface area contributed by atoms with Crippen LogP contribution in [0.5, 0.6) is 0 Å². The molecular weight excluding hydrogens is 160 g/mol. The van der Waals surface area contributed by atoms with E-state index in [2.05, 4.69) is 18.0 Å². The highest BCUT2D eigenvalue weighted by Gasteiger charge is 2.10. The molecule has 0 spiro atoms. The van der Waals surface area contributed by atoms with Gasteiger partial charge in [-0.05, 0) is 30.5 Å². The number of nitriles is 1. The fourth-order valence-electron chi connectivity index (χ4n) is 1.52. The molecular formula is C11H10N2. The Hall–Kier alpha value is -1.75. The second kappa shape index (κ2) is 2.95. The Bertz CT molecular complexity index is 399. The van der Waals surface area contributed by atoms with Crippen molar-refractivity contribution >= 4 is 5.69 Å². The molecule has 0 radical (unpaired) electrons. The van der Waals surface area contributed by atoms with Crippen LogP contribution in [0.15, 0.2) is 30.5 Å². The molecule has 1 aliphatic heterocycles. The van der Waals surface area contributed by atoms with Gasteiger partial charge in [-0.3, -0.25) is 0 Å². The normalized spacial score (nSPS) is 14.2. The number of hydrogen-bond donors (Lipinski definition) is 1. The minimum atomic E-state index is 0.695. The summed E-state index contributed by atoms with van der Waals surface area (Å²) < 4.78 is 0. The highest BCUT2D eigenvalue weighted by molar-refractivity contribution is 5.60. The van der Waals surface area contributed by atoms with Crippen molar-refractivity contribution in [2.45, 2.75) is 12.8 Å². The van der Waals surface area contributed by atoms with E-state index in [1.165, 1.54) is 5.56 Å². The molecule has 0 aromatic heterocycles. The molecule has 0 amide bonds. The average Bonchev–Trinajstić information content (AvgIpc) is 2.16. The molecule has 0 saturated carbocycles. The fourth-order valence-corrected chi connectivity index (χ4v) is 1.52. The Kier molecular flexibility index (Phi) is 1.79. The van der Waals surface area contributed by atoms with Crippen LogP contribution in [-0.4, -0.2) is 0 Å². The van der Waals surface area contributed by atoms with Crippen molar-refractivity contribution in [2.75, 3.05) is 5.32 Å². The van der Waals surface area contributed by atoms with E-state index in [1.54, 1.807) is 0 Å². The van der Waals surface area contributed by atoms with Crippen LogP contribution in [0, 0.1) is 11.3 Å². The van der Waals surface area contributed by atoms with E-state index >= 15 is 0 Å². The van der Waals surface area contributed by atoms with E-state index in [-0.39, 0.29) is 0 Å². The summed E-state index contributed by atoms with van der Waals surface area (Å²) in [6, 6.07) is 7.86. The molecule has 64 valence electrons. The van der Waals surface area contributed by atoms with E-state index in [9.17, 15) is 0 Å². The Morgan fingerprint density at radius 3 is 3.00 bits per heavy atom. The molecule has 1 aliphatic rings. The van der Waals surface area contributed by atoms with Crippen LogP contribution in [0.25, 0.3) is 0 Å². The molecule has 2 rings (SSSR count). The van der Waals surface area contributed by atoms with Gasteiger partial charge >= 0.3 is 0 Å². The second-order valence-electron chi connectivity index (χ2n) is 3.21. The van der Waals surface area contributed by atoms with Gasteiger partial charge in [0.1, 0.15) is 0 Å². The molecule has 1 N–H and O–H groups in total. The first-order chi connectivity index (χ1) is 6.29. The van der Waals surface area contributed by atoms with Gasteiger partial charge in [-0.1, -0.05) is 12.6 Å². The first kappa shape index (κ1) is 7.88. The summed E-state index contributed by atoms with van der Waals surface area (Å²) in [6.07, 6.45) is 2.01. The maximum Gasteiger partial charge on any atom is 0.0992 e. The molecule has 2 heteroatoms. The maximum atomic E-state index is 8.70. The van der Waals surface area contributed by atoms with Crippen molar-refractivity contribution in [3.8, 4) is 6.07 Å². The molecule has 0 bridgehead atoms. The topological polar surface area (TPSA) is 35.8 Å². The summed E-state index contributed by atoms with van der Waals surface area (Å²) in [5.41, 5.74) is 4.03. The number of fused-ring (bicyclic) bond motifs is 1. The number of nitrogens with one attached hydrogen (secondary N) is 1. The predicted molar refractivity (Wildman–Crippen MR) is 52.2 cm³/mol. The highest BCUT2D eigenvalue weighted by atomic mass is 14.9. The average molecular weight is 170 g/mol. The van der Waals surface area contributed by atoms with Gasteiger partial charge in [0.05, 0.1) is 11.6 Å². The van der Waals surface area contributed by atoms with Crippen LogP contribution in [0.1, 0.15) is 17.5 Å². The molecule has 1 aromatic carbocycles. The number of hydrogen-bond acceptors (Lipinski definition) is 2. The lowest BCUT2D eigenvalue weighted by Crippen LogP contribution is -2.08. The Balaban J connectivity index is 2.45. The molecule has 1 aromatic rings. The van der Waals surface area contributed by atoms with Crippen LogP contribution < -0.4 is 5.32 Å². The van der Waals surface area contributed by atoms with Crippen molar-refractivity contribution < 1.29 is 0 Å². The van der Waals surface area contributed by atoms with E-state index in [0.717, 1.165) is 24.2 Å². The Labute approximate surface area is 77.5 Å². The number of anilines is 1. The third-order valence-electron chi connectivity index (χ3n) is 2.25. The van der Waals surface area contributed by atoms with E-state index in [0.29, 0.717) is 5.56 Å². The predicted octanol–water partition coefficient (Wildman–Crippen LogP) is 2.43. The van der Waals surface area contributed by atoms with E-state index < -0.39 is 0 Å². The molecule has 0 fully saturated rings. The van der Waals surface area contributed by atoms with Crippen molar-refractivity contribution in [1.29, 1.82) is 5.26 Å². The molecule has 13 heavy (non-hydrogen) atoms. The van der Waals surface area contributed by atoms with Crippen molar-refractivity contribution in [3.63, 3.8) is 0 Å². The van der Waals surface area contributed by atoms with Gasteiger partial charge in [0, 0.05) is 11.4 Å². The lowest BCUT2D eigenvalue weighted by Gasteiger charge is -2.19. The minimum Gasteiger partial charge on any atom is -0.359 e. The van der Waals surface area contributed by atoms with Crippen LogP contribution >= 0.6 is 0 Å². The summed E-state index contributed by atoms with van der Waals surface area (Å²) in [4.78, 5) is 0. The Morgan fingerprint density at radius 1 is 1.38 bits per heavy atom. The quantitative estimate of drug-likeness (QED) is 0.649. The fraction of sp³-hybridized carbons (Fsp3) is 0.182. The maximum absolute atomic E-state index is 8.70. The van der Waals surface area contributed by atoms with Gasteiger partial charge in [-0.2, -0.15) is 5.26 Å². The zero-order chi connectivity index (χ0) is 9.26. The lowest BCUT2D eigenvalue weighted by molar-refractivity contribution is 0.918. The van der Waals surface area contributed by atoms with Crippen molar-refractivity contribution in [3.05, 3.63) is 41.6 Å². The van der Waals surface area contributed by atoms with E-state index in [1.807, 2.05) is 18.2 Å². The number of benzene rings is 1. The third-order valence-corrected chi connectivity index (χ3v) is 2.25. The third kappa shape index (κ3) is 1.41. The number of rotatable bonds is 0. The number of nitrogens with zero attached hydrogens (tertiary/aromatic N) is 1. The van der Waals surface area contributed by atoms with Crippen LogP contribution in [0.4, 0.5) is 5.69 Å².